The normalized spacial score (nSPS) is 15.8. The Labute approximate surface area is 186 Å². The van der Waals surface area contributed by atoms with E-state index in [4.69, 9.17) is 10.5 Å². The second-order valence-electron chi connectivity index (χ2n) is 7.33. The average molecular weight is 460 g/mol. The minimum atomic E-state index is -1.56. The Morgan fingerprint density at radius 1 is 1.21 bits per heavy atom. The number of hydrogen-bond acceptors (Lipinski definition) is 7. The number of anilines is 2. The smallest absolute Gasteiger partial charge is 0.407 e. The van der Waals surface area contributed by atoms with Gasteiger partial charge in [-0.2, -0.15) is 4.39 Å². The molecule has 1 aliphatic heterocycles. The van der Waals surface area contributed by atoms with E-state index in [1.807, 2.05) is 0 Å². The zero-order valence-electron chi connectivity index (χ0n) is 17.1. The van der Waals surface area contributed by atoms with Crippen molar-refractivity contribution in [2.45, 2.75) is 18.9 Å². The third-order valence-corrected chi connectivity index (χ3v) is 5.10. The fourth-order valence-corrected chi connectivity index (χ4v) is 3.46. The van der Waals surface area contributed by atoms with Crippen molar-refractivity contribution in [1.29, 1.82) is 0 Å². The molecule has 0 radical (unpaired) electrons. The second kappa shape index (κ2) is 9.18. The van der Waals surface area contributed by atoms with E-state index < -0.39 is 35.0 Å². The number of nitrogens with one attached hydrogen (secondary N) is 1. The third-order valence-electron chi connectivity index (χ3n) is 5.10. The lowest BCUT2D eigenvalue weighted by atomic mass is 10.1. The fourth-order valence-electron chi connectivity index (χ4n) is 3.46. The highest BCUT2D eigenvalue weighted by Crippen LogP contribution is 2.34. The maximum Gasteiger partial charge on any atom is 0.407 e. The maximum atomic E-state index is 14.2. The van der Waals surface area contributed by atoms with Crippen LogP contribution in [0.5, 0.6) is 11.6 Å². The van der Waals surface area contributed by atoms with Crippen LogP contribution in [0.4, 0.5) is 29.6 Å². The molecule has 12 heteroatoms. The molecule has 0 spiro atoms. The number of carboxylic acid groups (broad SMARTS) is 1. The molecule has 4 rings (SSSR count). The van der Waals surface area contributed by atoms with Gasteiger partial charge in [0.05, 0.1) is 11.3 Å². The molecule has 33 heavy (non-hydrogen) atoms. The number of hydrogen-bond donors (Lipinski definition) is 3. The lowest BCUT2D eigenvalue weighted by Gasteiger charge is -2.31. The van der Waals surface area contributed by atoms with Crippen molar-refractivity contribution in [1.82, 2.24) is 19.9 Å². The summed E-state index contributed by atoms with van der Waals surface area (Å²) in [6.45, 7) is 0.755. The Bertz CT molecular complexity index is 1200. The van der Waals surface area contributed by atoms with E-state index in [0.717, 1.165) is 6.42 Å². The number of benzene rings is 1. The zero-order chi connectivity index (χ0) is 23.5. The predicted molar refractivity (Wildman–Crippen MR) is 112 cm³/mol. The van der Waals surface area contributed by atoms with Gasteiger partial charge in [0.1, 0.15) is 5.69 Å². The van der Waals surface area contributed by atoms with Crippen LogP contribution in [-0.2, 0) is 0 Å². The molecule has 0 saturated carbocycles. The summed E-state index contributed by atoms with van der Waals surface area (Å²) in [5.74, 6) is -4.79. The Balaban J connectivity index is 1.59. The van der Waals surface area contributed by atoms with Gasteiger partial charge in [-0.3, -0.25) is 0 Å². The number of piperidine rings is 1. The van der Waals surface area contributed by atoms with Gasteiger partial charge >= 0.3 is 6.09 Å². The number of nitrogen functional groups attached to an aromatic ring is 1. The van der Waals surface area contributed by atoms with Crippen molar-refractivity contribution in [2.24, 2.45) is 0 Å². The van der Waals surface area contributed by atoms with Crippen LogP contribution in [0.1, 0.15) is 12.8 Å². The van der Waals surface area contributed by atoms with Crippen LogP contribution in [0.2, 0.25) is 0 Å². The van der Waals surface area contributed by atoms with Crippen molar-refractivity contribution in [3.8, 4) is 22.9 Å². The summed E-state index contributed by atoms with van der Waals surface area (Å²) in [5.41, 5.74) is 4.88. The molecule has 1 aromatic carbocycles. The third kappa shape index (κ3) is 4.73. The Hall–Kier alpha value is -4.09. The van der Waals surface area contributed by atoms with Gasteiger partial charge in [0.2, 0.25) is 17.6 Å². The van der Waals surface area contributed by atoms with Crippen LogP contribution in [-0.4, -0.2) is 50.2 Å². The molecule has 1 fully saturated rings. The zero-order valence-corrected chi connectivity index (χ0v) is 17.1. The molecule has 0 aliphatic carbocycles. The van der Waals surface area contributed by atoms with E-state index >= 15 is 0 Å². The minimum Gasteiger partial charge on any atom is -0.465 e. The molecular formula is C21H19F3N6O3. The molecule has 9 nitrogen and oxygen atoms in total. The summed E-state index contributed by atoms with van der Waals surface area (Å²) in [4.78, 5) is 25.2. The van der Waals surface area contributed by atoms with Gasteiger partial charge in [0.15, 0.2) is 17.4 Å². The van der Waals surface area contributed by atoms with Gasteiger partial charge in [0.25, 0.3) is 0 Å². The van der Waals surface area contributed by atoms with Crippen LogP contribution in [0.15, 0.2) is 36.7 Å². The highest BCUT2D eigenvalue weighted by Gasteiger charge is 2.24. The van der Waals surface area contributed by atoms with Crippen molar-refractivity contribution in [3.63, 3.8) is 0 Å². The topological polar surface area (TPSA) is 126 Å². The molecule has 1 saturated heterocycles. The van der Waals surface area contributed by atoms with Gasteiger partial charge in [-0.1, -0.05) is 0 Å². The number of ether oxygens (including phenoxy) is 1. The molecule has 3 heterocycles. The molecule has 2 aromatic heterocycles. The first-order valence-electron chi connectivity index (χ1n) is 9.97. The molecule has 1 atom stereocenters. The number of carbonyl (C=O) groups is 1. The van der Waals surface area contributed by atoms with E-state index in [1.165, 1.54) is 17.3 Å². The number of amides is 1. The first-order chi connectivity index (χ1) is 15.8. The van der Waals surface area contributed by atoms with Gasteiger partial charge in [0, 0.05) is 37.6 Å². The minimum absolute atomic E-state index is 0.139. The predicted octanol–water partition coefficient (Wildman–Crippen LogP) is 3.88. The van der Waals surface area contributed by atoms with Gasteiger partial charge in [-0.25, -0.2) is 28.5 Å². The lowest BCUT2D eigenvalue weighted by molar-refractivity contribution is 0.132. The number of halogens is 3. The first kappa shape index (κ1) is 22.1. The van der Waals surface area contributed by atoms with Crippen LogP contribution in [0.3, 0.4) is 0 Å². The molecule has 0 bridgehead atoms. The van der Waals surface area contributed by atoms with E-state index in [-0.39, 0.29) is 24.4 Å². The second-order valence-corrected chi connectivity index (χ2v) is 7.33. The van der Waals surface area contributed by atoms with Gasteiger partial charge in [-0.15, -0.1) is 0 Å². The van der Waals surface area contributed by atoms with E-state index in [2.05, 4.69) is 20.3 Å². The number of rotatable bonds is 5. The summed E-state index contributed by atoms with van der Waals surface area (Å²) < 4.78 is 47.2. The monoisotopic (exact) mass is 460 g/mol. The Morgan fingerprint density at radius 3 is 2.82 bits per heavy atom. The van der Waals surface area contributed by atoms with Gasteiger partial charge in [-0.05, 0) is 31.0 Å². The molecule has 3 aromatic rings. The number of likely N-dealkylation sites (tertiary alicyclic amines) is 1. The van der Waals surface area contributed by atoms with E-state index in [0.29, 0.717) is 30.3 Å². The summed E-state index contributed by atoms with van der Waals surface area (Å²) in [6, 6.07) is 5.19. The Morgan fingerprint density at radius 2 is 2.03 bits per heavy atom. The fraction of sp³-hybridized carbons (Fsp3) is 0.238. The van der Waals surface area contributed by atoms with E-state index in [9.17, 15) is 23.1 Å². The van der Waals surface area contributed by atoms with Crippen LogP contribution < -0.4 is 15.8 Å². The van der Waals surface area contributed by atoms with Crippen LogP contribution >= 0.6 is 0 Å². The number of nitrogens with two attached hydrogens (primary N) is 1. The van der Waals surface area contributed by atoms with E-state index in [1.54, 1.807) is 18.2 Å². The van der Waals surface area contributed by atoms with Gasteiger partial charge < -0.3 is 25.8 Å². The molecule has 4 N–H and O–H groups in total. The first-order valence-corrected chi connectivity index (χ1v) is 9.97. The molecule has 1 aliphatic rings. The van der Waals surface area contributed by atoms with Crippen molar-refractivity contribution in [3.05, 3.63) is 54.1 Å². The van der Waals surface area contributed by atoms with Crippen molar-refractivity contribution < 1.29 is 27.8 Å². The highest BCUT2D eigenvalue weighted by atomic mass is 19.2. The number of pyridine rings is 1. The molecular weight excluding hydrogens is 441 g/mol. The quantitative estimate of drug-likeness (QED) is 0.387. The summed E-state index contributed by atoms with van der Waals surface area (Å²) >= 11 is 0. The number of aromatic nitrogens is 3. The SMILES string of the molecule is Nc1c(F)cc(Oc2ncccc2-c2ccnc(NC3CCCN(C(=O)O)C3)n2)c(F)c1F. The maximum absolute atomic E-state index is 14.2. The van der Waals surface area contributed by atoms with Crippen LogP contribution in [0.25, 0.3) is 11.3 Å². The highest BCUT2D eigenvalue weighted by molar-refractivity contribution is 5.66. The number of nitrogens with zero attached hydrogens (tertiary/aromatic N) is 4. The summed E-state index contributed by atoms with van der Waals surface area (Å²) in [6.07, 6.45) is 3.29. The molecule has 1 amide bonds. The van der Waals surface area contributed by atoms with Crippen LogP contribution in [0, 0.1) is 17.5 Å². The summed E-state index contributed by atoms with van der Waals surface area (Å²) in [7, 11) is 0. The molecule has 172 valence electrons. The van der Waals surface area contributed by atoms with Crippen molar-refractivity contribution >= 4 is 17.7 Å². The lowest BCUT2D eigenvalue weighted by Crippen LogP contribution is -2.44. The Kier molecular flexibility index (Phi) is 6.16. The van der Waals surface area contributed by atoms with Crippen molar-refractivity contribution in [2.75, 3.05) is 24.1 Å². The average Bonchev–Trinajstić information content (AvgIpc) is 2.82. The summed E-state index contributed by atoms with van der Waals surface area (Å²) in [5, 5.41) is 12.3. The standard InChI is InChI=1S/C21H19F3N6O3/c22-13-9-15(16(23)17(24)18(13)25)33-19-12(4-1-6-26-19)14-5-7-27-20(29-14)28-11-3-2-8-30(10-11)21(31)32/h1,4-7,9,11H,2-3,8,10,25H2,(H,31,32)(H,27,28,29). The molecule has 1 unspecified atom stereocenters. The largest absolute Gasteiger partial charge is 0.465 e.